The molecule has 0 aliphatic heterocycles. The normalized spacial score (nSPS) is 10.3. The molecule has 0 atom stereocenters. The summed E-state index contributed by atoms with van der Waals surface area (Å²) in [6.07, 6.45) is 3.52. The fourth-order valence-electron chi connectivity index (χ4n) is 2.04. The third-order valence-corrected chi connectivity index (χ3v) is 3.13. The van der Waals surface area contributed by atoms with E-state index in [9.17, 15) is 0 Å². The SMILES string of the molecule is Cc1cc(C)c(C(N)=S)c(N(C)c2cccnc2)n1. The third kappa shape index (κ3) is 2.71. The van der Waals surface area contributed by atoms with Crippen molar-refractivity contribution < 1.29 is 0 Å². The number of aromatic nitrogens is 2. The average Bonchev–Trinajstić information content (AvgIpc) is 2.37. The Morgan fingerprint density at radius 2 is 2.11 bits per heavy atom. The number of anilines is 2. The summed E-state index contributed by atoms with van der Waals surface area (Å²) < 4.78 is 0. The minimum absolute atomic E-state index is 0.357. The van der Waals surface area contributed by atoms with E-state index in [4.69, 9.17) is 18.0 Å². The Labute approximate surface area is 118 Å². The summed E-state index contributed by atoms with van der Waals surface area (Å²) in [5.41, 5.74) is 9.55. The van der Waals surface area contributed by atoms with Crippen LogP contribution in [0.3, 0.4) is 0 Å². The monoisotopic (exact) mass is 272 g/mol. The number of rotatable bonds is 3. The van der Waals surface area contributed by atoms with Gasteiger partial charge in [-0.3, -0.25) is 4.98 Å². The molecule has 0 aliphatic rings. The number of nitrogens with zero attached hydrogens (tertiary/aromatic N) is 3. The molecule has 2 rings (SSSR count). The van der Waals surface area contributed by atoms with Gasteiger partial charge in [0, 0.05) is 18.9 Å². The molecule has 0 aliphatic carbocycles. The molecule has 0 unspecified atom stereocenters. The Hall–Kier alpha value is -2.01. The van der Waals surface area contributed by atoms with Crippen molar-refractivity contribution in [2.24, 2.45) is 5.73 Å². The zero-order chi connectivity index (χ0) is 14.0. The molecule has 19 heavy (non-hydrogen) atoms. The molecule has 0 aromatic carbocycles. The second-order valence-electron chi connectivity index (χ2n) is 4.41. The second-order valence-corrected chi connectivity index (χ2v) is 4.85. The largest absolute Gasteiger partial charge is 0.389 e. The van der Waals surface area contributed by atoms with Gasteiger partial charge in [-0.25, -0.2) is 4.98 Å². The molecule has 2 N–H and O–H groups in total. The van der Waals surface area contributed by atoms with Gasteiger partial charge in [0.2, 0.25) is 0 Å². The van der Waals surface area contributed by atoms with Crippen LogP contribution < -0.4 is 10.6 Å². The first kappa shape index (κ1) is 13.4. The number of aryl methyl sites for hydroxylation is 2. The van der Waals surface area contributed by atoms with Crippen molar-refractivity contribution in [3.8, 4) is 0 Å². The fourth-order valence-corrected chi connectivity index (χ4v) is 2.29. The molecular weight excluding hydrogens is 256 g/mol. The zero-order valence-electron chi connectivity index (χ0n) is 11.2. The summed E-state index contributed by atoms with van der Waals surface area (Å²) in [5.74, 6) is 0.762. The number of pyridine rings is 2. The van der Waals surface area contributed by atoms with Crippen LogP contribution in [0.2, 0.25) is 0 Å². The number of hydrogen-bond donors (Lipinski definition) is 1. The molecule has 4 nitrogen and oxygen atoms in total. The molecule has 2 aromatic rings. The Bertz CT molecular complexity index is 610. The molecule has 0 saturated heterocycles. The standard InChI is InChI=1S/C14H16N4S/c1-9-7-10(2)17-14(12(9)13(15)19)18(3)11-5-4-6-16-8-11/h4-8H,1-3H3,(H2,15,19). The van der Waals surface area contributed by atoms with E-state index in [1.807, 2.05) is 44.0 Å². The molecule has 0 radical (unpaired) electrons. The highest BCUT2D eigenvalue weighted by Crippen LogP contribution is 2.27. The highest BCUT2D eigenvalue weighted by Gasteiger charge is 2.16. The van der Waals surface area contributed by atoms with Gasteiger partial charge in [0.15, 0.2) is 0 Å². The van der Waals surface area contributed by atoms with Crippen LogP contribution >= 0.6 is 12.2 Å². The topological polar surface area (TPSA) is 55.0 Å². The van der Waals surface area contributed by atoms with Crippen LogP contribution in [0.15, 0.2) is 30.6 Å². The molecule has 2 aromatic heterocycles. The molecule has 98 valence electrons. The van der Waals surface area contributed by atoms with Crippen molar-refractivity contribution in [1.82, 2.24) is 9.97 Å². The summed E-state index contributed by atoms with van der Waals surface area (Å²) in [6, 6.07) is 5.83. The van der Waals surface area contributed by atoms with Gasteiger partial charge in [0.1, 0.15) is 10.8 Å². The number of nitrogens with two attached hydrogens (primary N) is 1. The Morgan fingerprint density at radius 1 is 1.37 bits per heavy atom. The van der Waals surface area contributed by atoms with E-state index in [1.54, 1.807) is 12.4 Å². The summed E-state index contributed by atoms with van der Waals surface area (Å²) in [4.78, 5) is 11.0. The van der Waals surface area contributed by atoms with E-state index in [0.717, 1.165) is 28.3 Å². The summed E-state index contributed by atoms with van der Waals surface area (Å²) in [6.45, 7) is 3.95. The molecular formula is C14H16N4S. The average molecular weight is 272 g/mol. The fraction of sp³-hybridized carbons (Fsp3) is 0.214. The zero-order valence-corrected chi connectivity index (χ0v) is 12.0. The first-order valence-electron chi connectivity index (χ1n) is 5.92. The van der Waals surface area contributed by atoms with E-state index < -0.39 is 0 Å². The second kappa shape index (κ2) is 5.32. The van der Waals surface area contributed by atoms with Crippen molar-refractivity contribution in [2.75, 3.05) is 11.9 Å². The van der Waals surface area contributed by atoms with E-state index in [-0.39, 0.29) is 0 Å². The Morgan fingerprint density at radius 3 is 2.68 bits per heavy atom. The molecule has 0 bridgehead atoms. The highest BCUT2D eigenvalue weighted by atomic mass is 32.1. The maximum atomic E-state index is 5.83. The predicted molar refractivity (Wildman–Crippen MR) is 81.9 cm³/mol. The van der Waals surface area contributed by atoms with Crippen molar-refractivity contribution in [3.63, 3.8) is 0 Å². The minimum atomic E-state index is 0.357. The number of thiocarbonyl (C=S) groups is 1. The van der Waals surface area contributed by atoms with E-state index >= 15 is 0 Å². The molecule has 5 heteroatoms. The molecule has 2 heterocycles. The predicted octanol–water partition coefficient (Wildman–Crippen LogP) is 2.50. The van der Waals surface area contributed by atoms with Gasteiger partial charge in [0.05, 0.1) is 17.4 Å². The Kier molecular flexibility index (Phi) is 3.76. The Balaban J connectivity index is 2.58. The van der Waals surface area contributed by atoms with Crippen LogP contribution in [0.5, 0.6) is 0 Å². The van der Waals surface area contributed by atoms with Gasteiger partial charge in [-0.1, -0.05) is 12.2 Å². The molecule has 0 spiro atoms. The lowest BCUT2D eigenvalue weighted by Crippen LogP contribution is -2.21. The first-order chi connectivity index (χ1) is 9.00. The lowest BCUT2D eigenvalue weighted by atomic mass is 10.1. The van der Waals surface area contributed by atoms with E-state index in [0.29, 0.717) is 4.99 Å². The molecule has 0 fully saturated rings. The smallest absolute Gasteiger partial charge is 0.143 e. The van der Waals surface area contributed by atoms with E-state index in [1.165, 1.54) is 0 Å². The van der Waals surface area contributed by atoms with Crippen molar-refractivity contribution in [1.29, 1.82) is 0 Å². The van der Waals surface area contributed by atoms with Crippen LogP contribution in [0.1, 0.15) is 16.8 Å². The summed E-state index contributed by atoms with van der Waals surface area (Å²) >= 11 is 5.15. The van der Waals surface area contributed by atoms with Gasteiger partial charge in [-0.2, -0.15) is 0 Å². The van der Waals surface area contributed by atoms with Gasteiger partial charge in [0.25, 0.3) is 0 Å². The molecule has 0 saturated carbocycles. The summed E-state index contributed by atoms with van der Waals surface area (Å²) in [7, 11) is 1.93. The minimum Gasteiger partial charge on any atom is -0.389 e. The van der Waals surface area contributed by atoms with Crippen molar-refractivity contribution in [2.45, 2.75) is 13.8 Å². The van der Waals surface area contributed by atoms with Crippen LogP contribution in [0, 0.1) is 13.8 Å². The van der Waals surface area contributed by atoms with Gasteiger partial charge >= 0.3 is 0 Å². The lowest BCUT2D eigenvalue weighted by Gasteiger charge is -2.22. The van der Waals surface area contributed by atoms with Gasteiger partial charge in [-0.15, -0.1) is 0 Å². The van der Waals surface area contributed by atoms with Crippen molar-refractivity contribution >= 4 is 28.7 Å². The summed E-state index contributed by atoms with van der Waals surface area (Å²) in [5, 5.41) is 0. The van der Waals surface area contributed by atoms with E-state index in [2.05, 4.69) is 9.97 Å². The maximum Gasteiger partial charge on any atom is 0.143 e. The van der Waals surface area contributed by atoms with Crippen LogP contribution in [0.25, 0.3) is 0 Å². The highest BCUT2D eigenvalue weighted by molar-refractivity contribution is 7.80. The lowest BCUT2D eigenvalue weighted by molar-refractivity contribution is 1.07. The van der Waals surface area contributed by atoms with Crippen LogP contribution in [-0.4, -0.2) is 22.0 Å². The van der Waals surface area contributed by atoms with Crippen LogP contribution in [-0.2, 0) is 0 Å². The maximum absolute atomic E-state index is 5.83. The van der Waals surface area contributed by atoms with Crippen molar-refractivity contribution in [3.05, 3.63) is 47.4 Å². The van der Waals surface area contributed by atoms with Gasteiger partial charge in [-0.05, 0) is 37.6 Å². The van der Waals surface area contributed by atoms with Gasteiger partial charge < -0.3 is 10.6 Å². The first-order valence-corrected chi connectivity index (χ1v) is 6.33. The quantitative estimate of drug-likeness (QED) is 0.870. The molecule has 0 amide bonds. The number of hydrogen-bond acceptors (Lipinski definition) is 4. The third-order valence-electron chi connectivity index (χ3n) is 2.92. The van der Waals surface area contributed by atoms with Crippen LogP contribution in [0.4, 0.5) is 11.5 Å².